The van der Waals surface area contributed by atoms with Crippen molar-refractivity contribution < 1.29 is 14.3 Å². The number of rotatable bonds is 6. The van der Waals surface area contributed by atoms with Gasteiger partial charge in [0.1, 0.15) is 12.4 Å². The summed E-state index contributed by atoms with van der Waals surface area (Å²) in [6.07, 6.45) is 1.91. The van der Waals surface area contributed by atoms with Crippen LogP contribution in [0.5, 0.6) is 5.75 Å². The Morgan fingerprint density at radius 2 is 1.47 bits per heavy atom. The lowest BCUT2D eigenvalue weighted by molar-refractivity contribution is -0.124. The topological polar surface area (TPSA) is 55.4 Å². The van der Waals surface area contributed by atoms with Crippen molar-refractivity contribution >= 4 is 17.9 Å². The van der Waals surface area contributed by atoms with Crippen molar-refractivity contribution in [3.63, 3.8) is 0 Å². The van der Waals surface area contributed by atoms with Gasteiger partial charge >= 0.3 is 0 Å². The first-order chi connectivity index (χ1) is 16.7. The first-order valence-corrected chi connectivity index (χ1v) is 11.2. The lowest BCUT2D eigenvalue weighted by atomic mass is 9.93. The van der Waals surface area contributed by atoms with Crippen LogP contribution in [0.2, 0.25) is 0 Å². The molecule has 4 nitrogen and oxygen atoms in total. The molecule has 34 heavy (non-hydrogen) atoms. The number of hydrogen-bond donors (Lipinski definition) is 1. The van der Waals surface area contributed by atoms with E-state index in [-0.39, 0.29) is 18.2 Å². The van der Waals surface area contributed by atoms with Crippen LogP contribution in [0.1, 0.15) is 17.5 Å². The van der Waals surface area contributed by atoms with Gasteiger partial charge in [0.15, 0.2) is 0 Å². The third-order valence-corrected chi connectivity index (χ3v) is 5.78. The van der Waals surface area contributed by atoms with Crippen LogP contribution >= 0.6 is 0 Å². The molecule has 4 heteroatoms. The van der Waals surface area contributed by atoms with Gasteiger partial charge in [-0.2, -0.15) is 0 Å². The number of ether oxygens (including phenoxy) is 1. The molecule has 0 aliphatic carbocycles. The van der Waals surface area contributed by atoms with Crippen LogP contribution in [0.25, 0.3) is 28.3 Å². The van der Waals surface area contributed by atoms with Gasteiger partial charge in [0.05, 0.1) is 6.42 Å². The summed E-state index contributed by atoms with van der Waals surface area (Å²) in [5.41, 5.74) is 6.50. The molecule has 0 atom stereocenters. The molecule has 1 saturated heterocycles. The summed E-state index contributed by atoms with van der Waals surface area (Å²) in [6.45, 7) is 0.483. The largest absolute Gasteiger partial charge is 0.489 e. The number of carbonyl (C=O) groups excluding carboxylic acids is 2. The van der Waals surface area contributed by atoms with E-state index in [4.69, 9.17) is 4.74 Å². The smallest absolute Gasteiger partial charge is 0.254 e. The number of carbonyl (C=O) groups is 2. The Balaban J connectivity index is 1.52. The van der Waals surface area contributed by atoms with Gasteiger partial charge in [0, 0.05) is 5.57 Å². The first kappa shape index (κ1) is 21.4. The molecule has 5 rings (SSSR count). The van der Waals surface area contributed by atoms with Crippen molar-refractivity contribution in [3.05, 3.63) is 120 Å². The highest BCUT2D eigenvalue weighted by Gasteiger charge is 2.24. The predicted molar refractivity (Wildman–Crippen MR) is 134 cm³/mol. The molecule has 4 aromatic rings. The summed E-state index contributed by atoms with van der Waals surface area (Å²) in [6, 6.07) is 34.2. The Morgan fingerprint density at radius 1 is 0.735 bits per heavy atom. The van der Waals surface area contributed by atoms with Crippen LogP contribution < -0.4 is 10.1 Å². The summed E-state index contributed by atoms with van der Waals surface area (Å²) in [5.74, 6) is 0.162. The van der Waals surface area contributed by atoms with E-state index in [1.165, 1.54) is 0 Å². The minimum Gasteiger partial charge on any atom is -0.489 e. The highest BCUT2D eigenvalue weighted by Crippen LogP contribution is 2.33. The molecular weight excluding hydrogens is 422 g/mol. The molecule has 1 fully saturated rings. The van der Waals surface area contributed by atoms with Crippen molar-refractivity contribution in [2.24, 2.45) is 0 Å². The zero-order valence-electron chi connectivity index (χ0n) is 18.5. The minimum absolute atomic E-state index is 0.0913. The zero-order chi connectivity index (χ0) is 23.3. The Labute approximate surface area is 198 Å². The maximum absolute atomic E-state index is 12.2. The van der Waals surface area contributed by atoms with Gasteiger partial charge in [-0.1, -0.05) is 84.9 Å². The summed E-state index contributed by atoms with van der Waals surface area (Å²) in [4.78, 5) is 24.0. The van der Waals surface area contributed by atoms with Crippen LogP contribution in [0.4, 0.5) is 0 Å². The van der Waals surface area contributed by atoms with Crippen molar-refractivity contribution in [2.75, 3.05) is 0 Å². The molecule has 0 saturated carbocycles. The van der Waals surface area contributed by atoms with Crippen LogP contribution in [0, 0.1) is 0 Å². The van der Waals surface area contributed by atoms with Gasteiger partial charge in [0.25, 0.3) is 5.91 Å². The van der Waals surface area contributed by atoms with Gasteiger partial charge in [-0.05, 0) is 57.7 Å². The fourth-order valence-corrected chi connectivity index (χ4v) is 4.06. The second-order valence-corrected chi connectivity index (χ2v) is 8.19. The van der Waals surface area contributed by atoms with E-state index < -0.39 is 0 Å². The Hall–Kier alpha value is -4.44. The maximum Gasteiger partial charge on any atom is 0.254 e. The average Bonchev–Trinajstić information content (AvgIpc) is 3.20. The summed E-state index contributed by atoms with van der Waals surface area (Å²) in [5, 5.41) is 2.37. The van der Waals surface area contributed by atoms with Gasteiger partial charge in [-0.25, -0.2) is 0 Å². The first-order valence-electron chi connectivity index (χ1n) is 11.2. The lowest BCUT2D eigenvalue weighted by Crippen LogP contribution is -2.19. The standard InChI is InChI=1S/C30H23NO3/c32-29-19-26(30(33)31-29)17-25-16-23(22-10-5-2-6-11-22)14-15-28(25)24-12-7-13-27(18-24)34-20-21-8-3-1-4-9-21/h1-18H,19-20H2,(H,31,32,33). The van der Waals surface area contributed by atoms with E-state index in [9.17, 15) is 9.59 Å². The van der Waals surface area contributed by atoms with Crippen molar-refractivity contribution in [1.82, 2.24) is 5.32 Å². The van der Waals surface area contributed by atoms with Gasteiger partial charge in [-0.3, -0.25) is 14.9 Å². The van der Waals surface area contributed by atoms with E-state index in [1.54, 1.807) is 0 Å². The Bertz CT molecular complexity index is 1370. The molecule has 2 amide bonds. The van der Waals surface area contributed by atoms with Crippen LogP contribution in [0.3, 0.4) is 0 Å². The monoisotopic (exact) mass is 445 g/mol. The maximum atomic E-state index is 12.2. The number of amides is 2. The van der Waals surface area contributed by atoms with Crippen LogP contribution in [0.15, 0.2) is 109 Å². The van der Waals surface area contributed by atoms with E-state index >= 15 is 0 Å². The van der Waals surface area contributed by atoms with E-state index in [2.05, 4.69) is 35.6 Å². The molecule has 1 N–H and O–H groups in total. The molecule has 1 aliphatic heterocycles. The lowest BCUT2D eigenvalue weighted by Gasteiger charge is -2.13. The van der Waals surface area contributed by atoms with E-state index in [1.807, 2.05) is 78.9 Å². The van der Waals surface area contributed by atoms with Crippen LogP contribution in [-0.4, -0.2) is 11.8 Å². The Kier molecular flexibility index (Phi) is 6.04. The summed E-state index contributed by atoms with van der Waals surface area (Å²) in [7, 11) is 0. The van der Waals surface area contributed by atoms with Gasteiger partial charge < -0.3 is 4.74 Å². The van der Waals surface area contributed by atoms with E-state index in [0.29, 0.717) is 12.2 Å². The molecule has 0 spiro atoms. The van der Waals surface area contributed by atoms with Gasteiger partial charge in [0.2, 0.25) is 5.91 Å². The average molecular weight is 446 g/mol. The number of imide groups is 1. The quantitative estimate of drug-likeness (QED) is 0.291. The number of benzene rings is 4. The zero-order valence-corrected chi connectivity index (χ0v) is 18.5. The molecule has 0 radical (unpaired) electrons. The third kappa shape index (κ3) is 4.81. The fourth-order valence-electron chi connectivity index (χ4n) is 4.06. The Morgan fingerprint density at radius 3 is 2.21 bits per heavy atom. The molecule has 4 aromatic carbocycles. The number of hydrogen-bond acceptors (Lipinski definition) is 3. The second kappa shape index (κ2) is 9.59. The van der Waals surface area contributed by atoms with Crippen molar-refractivity contribution in [2.45, 2.75) is 13.0 Å². The molecule has 0 aromatic heterocycles. The molecule has 1 heterocycles. The second-order valence-electron chi connectivity index (χ2n) is 8.19. The van der Waals surface area contributed by atoms with Gasteiger partial charge in [-0.15, -0.1) is 0 Å². The highest BCUT2D eigenvalue weighted by molar-refractivity contribution is 6.16. The minimum atomic E-state index is -0.332. The fraction of sp³-hybridized carbons (Fsp3) is 0.0667. The molecule has 0 bridgehead atoms. The molecule has 166 valence electrons. The summed E-state index contributed by atoms with van der Waals surface area (Å²) >= 11 is 0. The number of nitrogens with one attached hydrogen (secondary N) is 1. The normalized spacial score (nSPS) is 14.3. The third-order valence-electron chi connectivity index (χ3n) is 5.78. The molecule has 0 unspecified atom stereocenters. The van der Waals surface area contributed by atoms with Crippen LogP contribution in [-0.2, 0) is 16.2 Å². The SMILES string of the molecule is O=C1CC(=Cc2cc(-c3ccccc3)ccc2-c2cccc(OCc3ccccc3)c2)C(=O)N1. The van der Waals surface area contributed by atoms with Crippen molar-refractivity contribution in [3.8, 4) is 28.0 Å². The molecular formula is C30H23NO3. The van der Waals surface area contributed by atoms with Crippen molar-refractivity contribution in [1.29, 1.82) is 0 Å². The predicted octanol–water partition coefficient (Wildman–Crippen LogP) is 6.03. The summed E-state index contributed by atoms with van der Waals surface area (Å²) < 4.78 is 6.03. The molecule has 1 aliphatic rings. The van der Waals surface area contributed by atoms with E-state index in [0.717, 1.165) is 39.1 Å². The highest BCUT2D eigenvalue weighted by atomic mass is 16.5.